The van der Waals surface area contributed by atoms with Gasteiger partial charge in [0.2, 0.25) is 4.77 Å². The Kier molecular flexibility index (Phi) is 6.26. The fourth-order valence-electron chi connectivity index (χ4n) is 3.91. The summed E-state index contributed by atoms with van der Waals surface area (Å²) < 4.78 is 9.58. The van der Waals surface area contributed by atoms with Crippen LogP contribution in [0.15, 0.2) is 42.5 Å². The van der Waals surface area contributed by atoms with E-state index in [0.717, 1.165) is 38.5 Å². The summed E-state index contributed by atoms with van der Waals surface area (Å²) in [7, 11) is 2.15. The molecule has 0 saturated carbocycles. The Morgan fingerprint density at radius 3 is 2.30 bits per heavy atom. The molecule has 2 aromatic carbocycles. The Hall–Kier alpha value is -2.55. The van der Waals surface area contributed by atoms with Crippen LogP contribution in [0.4, 0.5) is 5.69 Å². The second kappa shape index (κ2) is 9.07. The van der Waals surface area contributed by atoms with Crippen LogP contribution in [0.1, 0.15) is 16.7 Å². The largest absolute Gasteiger partial charge is 0.378 e. The van der Waals surface area contributed by atoms with Crippen LogP contribution < -0.4 is 9.80 Å². The number of anilines is 1. The first-order valence-corrected chi connectivity index (χ1v) is 10.7. The first-order valence-electron chi connectivity index (χ1n) is 10.3. The third-order valence-corrected chi connectivity index (χ3v) is 5.71. The molecule has 0 spiro atoms. The summed E-state index contributed by atoms with van der Waals surface area (Å²) in [6.07, 6.45) is 0. The van der Waals surface area contributed by atoms with E-state index < -0.39 is 0 Å². The van der Waals surface area contributed by atoms with Crippen LogP contribution in [-0.2, 0) is 18.0 Å². The first kappa shape index (κ1) is 20.7. The van der Waals surface area contributed by atoms with E-state index in [4.69, 9.17) is 17.0 Å². The molecule has 1 aliphatic rings. The van der Waals surface area contributed by atoms with Gasteiger partial charge < -0.3 is 14.5 Å². The van der Waals surface area contributed by atoms with Crippen LogP contribution in [0.5, 0.6) is 0 Å². The highest BCUT2D eigenvalue weighted by molar-refractivity contribution is 7.71. The van der Waals surface area contributed by atoms with Crippen molar-refractivity contribution in [3.8, 4) is 5.69 Å². The smallest absolute Gasteiger partial charge is 0.225 e. The molecule has 0 bridgehead atoms. The van der Waals surface area contributed by atoms with E-state index in [1.807, 2.05) is 0 Å². The molecule has 0 radical (unpaired) electrons. The van der Waals surface area contributed by atoms with Crippen LogP contribution in [0.2, 0.25) is 0 Å². The molecule has 1 N–H and O–H groups in total. The van der Waals surface area contributed by atoms with E-state index in [0.29, 0.717) is 11.4 Å². The van der Waals surface area contributed by atoms with E-state index in [1.165, 1.54) is 27.3 Å². The number of rotatable bonds is 6. The van der Waals surface area contributed by atoms with Gasteiger partial charge in [-0.2, -0.15) is 9.36 Å². The number of tetrazole rings is 1. The number of nitrogens with one attached hydrogen (secondary N) is 1. The number of ether oxygens (including phenoxy) is 1. The number of hydrogen-bond acceptors (Lipinski definition) is 5. The Bertz CT molecular complexity index is 1030. The normalized spacial score (nSPS) is 15.4. The average molecular weight is 426 g/mol. The van der Waals surface area contributed by atoms with E-state index >= 15 is 0 Å². The maximum atomic E-state index is 5.64. The van der Waals surface area contributed by atoms with Crippen LogP contribution in [0, 0.1) is 18.6 Å². The number of benzene rings is 2. The maximum absolute atomic E-state index is 5.64. The van der Waals surface area contributed by atoms with Crippen molar-refractivity contribution in [3.05, 3.63) is 63.9 Å². The predicted octanol–water partition coefficient (Wildman–Crippen LogP) is 1.92. The fourth-order valence-corrected chi connectivity index (χ4v) is 4.16. The number of hydrogen-bond donors (Lipinski definition) is 1. The SMILES string of the molecule is Cc1cc(C)cc(-n2nnn(C[NH+](C)Cc3ccc(N4CCOCC4)cc3)c2=S)c1. The van der Waals surface area contributed by atoms with Gasteiger partial charge in [0.15, 0.2) is 6.67 Å². The van der Waals surface area contributed by atoms with Crippen LogP contribution in [-0.4, -0.2) is 53.1 Å². The molecular weight excluding hydrogens is 396 g/mol. The minimum Gasteiger partial charge on any atom is -0.378 e. The topological polar surface area (TPSA) is 52.5 Å². The van der Waals surface area contributed by atoms with Crippen molar-refractivity contribution in [3.63, 3.8) is 0 Å². The van der Waals surface area contributed by atoms with Gasteiger partial charge in [0.1, 0.15) is 6.54 Å². The Morgan fingerprint density at radius 2 is 1.63 bits per heavy atom. The highest BCUT2D eigenvalue weighted by Gasteiger charge is 2.13. The summed E-state index contributed by atoms with van der Waals surface area (Å²) in [5.41, 5.74) is 5.88. The van der Waals surface area contributed by atoms with Crippen molar-refractivity contribution < 1.29 is 9.64 Å². The van der Waals surface area contributed by atoms with Gasteiger partial charge in [0.25, 0.3) is 0 Å². The number of morpholine rings is 1. The van der Waals surface area contributed by atoms with Crippen molar-refractivity contribution in [2.45, 2.75) is 27.1 Å². The summed E-state index contributed by atoms with van der Waals surface area (Å²) in [5.74, 6) is 0. The van der Waals surface area contributed by atoms with Crippen LogP contribution >= 0.6 is 12.2 Å². The van der Waals surface area contributed by atoms with Crippen molar-refractivity contribution in [2.24, 2.45) is 0 Å². The van der Waals surface area contributed by atoms with Crippen molar-refractivity contribution in [1.29, 1.82) is 0 Å². The van der Waals surface area contributed by atoms with Gasteiger partial charge in [-0.3, -0.25) is 0 Å². The van der Waals surface area contributed by atoms with Crippen molar-refractivity contribution in [1.82, 2.24) is 19.8 Å². The van der Waals surface area contributed by atoms with Gasteiger partial charge in [0, 0.05) is 24.3 Å². The van der Waals surface area contributed by atoms with Gasteiger partial charge in [-0.05, 0) is 71.9 Å². The molecular formula is C22H29N6OS+. The molecule has 1 aromatic heterocycles. The predicted molar refractivity (Wildman–Crippen MR) is 120 cm³/mol. The minimum atomic E-state index is 0.613. The third-order valence-electron chi connectivity index (χ3n) is 5.33. The van der Waals surface area contributed by atoms with Gasteiger partial charge in [-0.25, -0.2) is 0 Å². The maximum Gasteiger partial charge on any atom is 0.225 e. The minimum absolute atomic E-state index is 0.613. The second-order valence-corrected chi connectivity index (χ2v) is 8.44. The molecule has 0 amide bonds. The molecule has 1 unspecified atom stereocenters. The Balaban J connectivity index is 1.41. The van der Waals surface area contributed by atoms with Crippen LogP contribution in [0.3, 0.4) is 0 Å². The molecule has 4 rings (SSSR count). The molecule has 1 atom stereocenters. The molecule has 0 aliphatic carbocycles. The molecule has 158 valence electrons. The summed E-state index contributed by atoms with van der Waals surface area (Å²) in [6.45, 7) is 9.23. The zero-order valence-electron chi connectivity index (χ0n) is 17.8. The molecule has 1 fully saturated rings. The molecule has 30 heavy (non-hydrogen) atoms. The lowest BCUT2D eigenvalue weighted by Crippen LogP contribution is -3.07. The lowest BCUT2D eigenvalue weighted by Gasteiger charge is -2.29. The number of quaternary nitrogens is 1. The van der Waals surface area contributed by atoms with Crippen LogP contribution in [0.25, 0.3) is 5.69 Å². The first-order chi connectivity index (χ1) is 14.5. The summed E-state index contributed by atoms with van der Waals surface area (Å²) >= 11 is 5.64. The van der Waals surface area contributed by atoms with E-state index in [9.17, 15) is 0 Å². The zero-order chi connectivity index (χ0) is 21.1. The molecule has 8 heteroatoms. The highest BCUT2D eigenvalue weighted by atomic mass is 32.1. The van der Waals surface area contributed by atoms with E-state index in [2.05, 4.69) is 78.7 Å². The fraction of sp³-hybridized carbons (Fsp3) is 0.409. The molecule has 2 heterocycles. The average Bonchev–Trinajstić information content (AvgIpc) is 3.08. The molecule has 1 saturated heterocycles. The second-order valence-electron chi connectivity index (χ2n) is 8.08. The number of aromatic nitrogens is 4. The zero-order valence-corrected chi connectivity index (χ0v) is 18.7. The summed E-state index contributed by atoms with van der Waals surface area (Å²) in [6, 6.07) is 15.1. The monoisotopic (exact) mass is 425 g/mol. The quantitative estimate of drug-likeness (QED) is 0.612. The van der Waals surface area contributed by atoms with Gasteiger partial charge in [-0.1, -0.05) is 18.2 Å². The van der Waals surface area contributed by atoms with Crippen molar-refractivity contribution >= 4 is 17.9 Å². The molecule has 3 aromatic rings. The van der Waals surface area contributed by atoms with Crippen molar-refractivity contribution in [2.75, 3.05) is 38.3 Å². The lowest BCUT2D eigenvalue weighted by molar-refractivity contribution is -0.917. The highest BCUT2D eigenvalue weighted by Crippen LogP contribution is 2.16. The molecule has 1 aliphatic heterocycles. The van der Waals surface area contributed by atoms with Gasteiger partial charge in [-0.15, -0.1) is 0 Å². The Labute approximate surface area is 182 Å². The third kappa shape index (κ3) is 4.77. The van der Waals surface area contributed by atoms with Gasteiger partial charge >= 0.3 is 0 Å². The number of aryl methyl sites for hydroxylation is 2. The molecule has 7 nitrogen and oxygen atoms in total. The summed E-state index contributed by atoms with van der Waals surface area (Å²) in [5, 5.41) is 8.58. The summed E-state index contributed by atoms with van der Waals surface area (Å²) in [4.78, 5) is 3.66. The van der Waals surface area contributed by atoms with E-state index in [-0.39, 0.29) is 0 Å². The van der Waals surface area contributed by atoms with Gasteiger partial charge in [0.05, 0.1) is 25.9 Å². The lowest BCUT2D eigenvalue weighted by atomic mass is 10.1. The van der Waals surface area contributed by atoms with E-state index in [1.54, 1.807) is 9.36 Å². The standard InChI is InChI=1S/C22H28N6OS/c1-17-12-18(2)14-21(13-17)28-22(30)27(23-24-28)16-25(3)15-19-4-6-20(7-5-19)26-8-10-29-11-9-26/h4-7,12-14H,8-11,15-16H2,1-3H3/p+1. The Morgan fingerprint density at radius 1 is 0.967 bits per heavy atom. The number of nitrogens with zero attached hydrogens (tertiary/aromatic N) is 5.